The maximum absolute atomic E-state index is 14.6. The minimum atomic E-state index is -5.03. The molecule has 2 aromatic carbocycles. The third-order valence-corrected chi connectivity index (χ3v) is 6.85. The van der Waals surface area contributed by atoms with Gasteiger partial charge in [-0.05, 0) is 44.5 Å². The van der Waals surface area contributed by atoms with E-state index in [4.69, 9.17) is 4.74 Å². The highest BCUT2D eigenvalue weighted by molar-refractivity contribution is 5.87. The molecule has 2 heterocycles. The standard InChI is InChI=1S/C26H28F3N3O5/c1-2-37-24(33)19-10-12-30(13-11-19)17-25(34,26(27,28)29)22-16-31(15-18-6-4-3-5-7-18)23-14-20(32(35)36)8-9-21(22)23/h3-9,14,16,19,34H,2,10-13,15,17H2,1H3. The van der Waals surface area contributed by atoms with Crippen molar-refractivity contribution in [2.75, 3.05) is 26.2 Å². The minimum absolute atomic E-state index is 0.0859. The summed E-state index contributed by atoms with van der Waals surface area (Å²) in [6, 6.07) is 12.6. The number of hydrogen-bond donors (Lipinski definition) is 1. The lowest BCUT2D eigenvalue weighted by atomic mass is 9.89. The summed E-state index contributed by atoms with van der Waals surface area (Å²) >= 11 is 0. The van der Waals surface area contributed by atoms with Crippen LogP contribution in [-0.2, 0) is 21.7 Å². The molecule has 4 rings (SSSR count). The van der Waals surface area contributed by atoms with E-state index in [2.05, 4.69) is 0 Å². The van der Waals surface area contributed by atoms with Crippen molar-refractivity contribution >= 4 is 22.6 Å². The van der Waals surface area contributed by atoms with Gasteiger partial charge in [-0.25, -0.2) is 0 Å². The molecular formula is C26H28F3N3O5. The summed E-state index contributed by atoms with van der Waals surface area (Å²) in [5.41, 5.74) is -2.86. The number of benzene rings is 2. The number of hydrogen-bond acceptors (Lipinski definition) is 6. The number of likely N-dealkylation sites (tertiary alicyclic amines) is 1. The number of non-ortho nitro benzene ring substituents is 1. The van der Waals surface area contributed by atoms with E-state index in [0.29, 0.717) is 12.8 Å². The molecule has 1 saturated heterocycles. The Kier molecular flexibility index (Phi) is 7.56. The number of alkyl halides is 3. The first-order chi connectivity index (χ1) is 17.5. The molecule has 0 saturated carbocycles. The van der Waals surface area contributed by atoms with E-state index < -0.39 is 23.2 Å². The smallest absolute Gasteiger partial charge is 0.422 e. The number of β-amino-alcohol motifs (C(OH)–C–C–N with tert-alkyl or cyclic N) is 1. The van der Waals surface area contributed by atoms with E-state index >= 15 is 0 Å². The Bertz CT molecular complexity index is 1270. The van der Waals surface area contributed by atoms with Crippen molar-refractivity contribution < 1.29 is 32.7 Å². The fraction of sp³-hybridized carbons (Fsp3) is 0.423. The van der Waals surface area contributed by atoms with Crippen molar-refractivity contribution in [1.29, 1.82) is 0 Å². The Morgan fingerprint density at radius 2 is 1.84 bits per heavy atom. The van der Waals surface area contributed by atoms with E-state index in [1.165, 1.54) is 27.8 Å². The Hall–Kier alpha value is -3.44. The number of halogens is 3. The van der Waals surface area contributed by atoms with Crippen molar-refractivity contribution in [3.8, 4) is 0 Å². The molecule has 1 aromatic heterocycles. The SMILES string of the molecule is CCOC(=O)C1CCN(CC(O)(c2cn(Cc3ccccc3)c3cc([N+](=O)[O-])ccc23)C(F)(F)F)CC1. The number of aromatic nitrogens is 1. The fourth-order valence-corrected chi connectivity index (χ4v) is 4.87. The summed E-state index contributed by atoms with van der Waals surface area (Å²) in [6.45, 7) is 1.74. The Morgan fingerprint density at radius 3 is 2.43 bits per heavy atom. The molecule has 198 valence electrons. The summed E-state index contributed by atoms with van der Waals surface area (Å²) in [5.74, 6) is -0.748. The summed E-state index contributed by atoms with van der Waals surface area (Å²) in [4.78, 5) is 24.3. The number of rotatable bonds is 8. The van der Waals surface area contributed by atoms with Gasteiger partial charge in [-0.2, -0.15) is 13.2 Å². The van der Waals surface area contributed by atoms with Crippen LogP contribution in [0.15, 0.2) is 54.7 Å². The lowest BCUT2D eigenvalue weighted by Crippen LogP contribution is -2.53. The molecule has 0 bridgehead atoms. The van der Waals surface area contributed by atoms with Gasteiger partial charge >= 0.3 is 12.1 Å². The van der Waals surface area contributed by atoms with Crippen molar-refractivity contribution in [3.63, 3.8) is 0 Å². The predicted octanol–water partition coefficient (Wildman–Crippen LogP) is 4.62. The summed E-state index contributed by atoms with van der Waals surface area (Å²) < 4.78 is 50.2. The molecule has 37 heavy (non-hydrogen) atoms. The van der Waals surface area contributed by atoms with Crippen LogP contribution in [0.3, 0.4) is 0 Å². The van der Waals surface area contributed by atoms with Gasteiger partial charge in [0.2, 0.25) is 5.60 Å². The number of esters is 1. The van der Waals surface area contributed by atoms with Crippen LogP contribution < -0.4 is 0 Å². The van der Waals surface area contributed by atoms with E-state index in [-0.39, 0.29) is 60.3 Å². The first kappa shape index (κ1) is 26.6. The first-order valence-electron chi connectivity index (χ1n) is 12.0. The molecule has 1 aliphatic rings. The van der Waals surface area contributed by atoms with Gasteiger partial charge in [-0.15, -0.1) is 0 Å². The maximum atomic E-state index is 14.6. The van der Waals surface area contributed by atoms with E-state index in [1.54, 1.807) is 37.3 Å². The van der Waals surface area contributed by atoms with Crippen LogP contribution in [0.25, 0.3) is 10.9 Å². The number of carbonyl (C=O) groups excluding carboxylic acids is 1. The monoisotopic (exact) mass is 519 g/mol. The molecule has 11 heteroatoms. The maximum Gasteiger partial charge on any atom is 0.422 e. The highest BCUT2D eigenvalue weighted by atomic mass is 19.4. The molecular weight excluding hydrogens is 491 g/mol. The van der Waals surface area contributed by atoms with Crippen LogP contribution >= 0.6 is 0 Å². The number of nitrogens with zero attached hydrogens (tertiary/aromatic N) is 3. The molecule has 0 radical (unpaired) electrons. The largest absolute Gasteiger partial charge is 0.466 e. The number of piperidine rings is 1. The number of ether oxygens (including phenoxy) is 1. The summed E-state index contributed by atoms with van der Waals surface area (Å²) in [6.07, 6.45) is -3.14. The minimum Gasteiger partial charge on any atom is -0.466 e. The molecule has 8 nitrogen and oxygen atoms in total. The number of carbonyl (C=O) groups is 1. The Balaban J connectivity index is 1.72. The molecule has 1 N–H and O–H groups in total. The quantitative estimate of drug-likeness (QED) is 0.265. The fourth-order valence-electron chi connectivity index (χ4n) is 4.87. The van der Waals surface area contributed by atoms with Gasteiger partial charge in [-0.1, -0.05) is 30.3 Å². The Morgan fingerprint density at radius 1 is 1.16 bits per heavy atom. The summed E-state index contributed by atoms with van der Waals surface area (Å²) in [7, 11) is 0. The molecule has 0 amide bonds. The molecule has 1 atom stereocenters. The summed E-state index contributed by atoms with van der Waals surface area (Å²) in [5, 5.41) is 22.7. The zero-order chi connectivity index (χ0) is 26.8. The number of nitro benzene ring substituents is 1. The van der Waals surface area contributed by atoms with Crippen LogP contribution in [0.2, 0.25) is 0 Å². The third-order valence-electron chi connectivity index (χ3n) is 6.85. The highest BCUT2D eigenvalue weighted by Crippen LogP contribution is 2.44. The van der Waals surface area contributed by atoms with Gasteiger partial charge in [0.25, 0.3) is 5.69 Å². The van der Waals surface area contributed by atoms with Gasteiger partial charge < -0.3 is 14.4 Å². The molecule has 1 unspecified atom stereocenters. The van der Waals surface area contributed by atoms with Crippen LogP contribution in [0, 0.1) is 16.0 Å². The second-order valence-electron chi connectivity index (χ2n) is 9.28. The lowest BCUT2D eigenvalue weighted by Gasteiger charge is -2.38. The van der Waals surface area contributed by atoms with Crippen LogP contribution in [-0.4, -0.2) is 57.9 Å². The number of fused-ring (bicyclic) bond motifs is 1. The van der Waals surface area contributed by atoms with Crippen molar-refractivity contribution in [2.45, 2.75) is 38.1 Å². The Labute approximate surface area is 211 Å². The second-order valence-corrected chi connectivity index (χ2v) is 9.28. The van der Waals surface area contributed by atoms with Gasteiger partial charge in [0, 0.05) is 42.4 Å². The molecule has 1 fully saturated rings. The topological polar surface area (TPSA) is 97.8 Å². The first-order valence-corrected chi connectivity index (χ1v) is 12.0. The van der Waals surface area contributed by atoms with E-state index in [0.717, 1.165) is 11.6 Å². The zero-order valence-corrected chi connectivity index (χ0v) is 20.3. The van der Waals surface area contributed by atoms with Crippen molar-refractivity contribution in [1.82, 2.24) is 9.47 Å². The van der Waals surface area contributed by atoms with E-state index in [1.807, 2.05) is 0 Å². The highest BCUT2D eigenvalue weighted by Gasteiger charge is 2.57. The van der Waals surface area contributed by atoms with Gasteiger partial charge in [0.1, 0.15) is 0 Å². The molecule has 3 aromatic rings. The average Bonchev–Trinajstić information content (AvgIpc) is 3.22. The van der Waals surface area contributed by atoms with Crippen molar-refractivity contribution in [3.05, 3.63) is 76.0 Å². The van der Waals surface area contributed by atoms with E-state index in [9.17, 15) is 33.2 Å². The third kappa shape index (κ3) is 5.47. The predicted molar refractivity (Wildman–Crippen MR) is 130 cm³/mol. The zero-order valence-electron chi connectivity index (χ0n) is 20.3. The van der Waals surface area contributed by atoms with Gasteiger partial charge in [-0.3, -0.25) is 19.8 Å². The normalized spacial score (nSPS) is 17.0. The van der Waals surface area contributed by atoms with Gasteiger partial charge in [0.15, 0.2) is 0 Å². The number of aliphatic hydroxyl groups is 1. The molecule has 0 aliphatic carbocycles. The van der Waals surface area contributed by atoms with Crippen LogP contribution in [0.5, 0.6) is 0 Å². The van der Waals surface area contributed by atoms with Crippen molar-refractivity contribution in [2.24, 2.45) is 5.92 Å². The van der Waals surface area contributed by atoms with Crippen LogP contribution in [0.1, 0.15) is 30.9 Å². The average molecular weight is 520 g/mol. The van der Waals surface area contributed by atoms with Gasteiger partial charge in [0.05, 0.1) is 23.0 Å². The number of nitro groups is 1. The molecule has 1 aliphatic heterocycles. The molecule has 0 spiro atoms. The second kappa shape index (κ2) is 10.5. The van der Waals surface area contributed by atoms with Crippen LogP contribution in [0.4, 0.5) is 18.9 Å². The lowest BCUT2D eigenvalue weighted by molar-refractivity contribution is -0.384.